The lowest BCUT2D eigenvalue weighted by Gasteiger charge is -2.07. The summed E-state index contributed by atoms with van der Waals surface area (Å²) in [6.07, 6.45) is 1.75. The van der Waals surface area contributed by atoms with Crippen LogP contribution in [0.1, 0.15) is 39.6 Å². The maximum atomic E-state index is 13.1. The van der Waals surface area contributed by atoms with Crippen LogP contribution in [-0.2, 0) is 6.18 Å². The molecule has 0 amide bonds. The number of nitriles is 1. The zero-order valence-corrected chi connectivity index (χ0v) is 22.0. The number of benzene rings is 2. The second-order valence-electron chi connectivity index (χ2n) is 9.41. The maximum Gasteiger partial charge on any atom is 0.426 e. The van der Waals surface area contributed by atoms with Crippen LogP contribution in [0.3, 0.4) is 0 Å². The number of rotatable bonds is 3. The minimum atomic E-state index is -4.30. The van der Waals surface area contributed by atoms with Crippen LogP contribution in [0.2, 0.25) is 0 Å². The molecular weight excluding hydrogens is 523 g/mol. The smallest absolute Gasteiger partial charge is 0.361 e. The van der Waals surface area contributed by atoms with Crippen LogP contribution in [0, 0.1) is 18.3 Å². The predicted octanol–water partition coefficient (Wildman–Crippen LogP) is 9.87. The fraction of sp³-hybridized carbons (Fsp3) is 0.167. The summed E-state index contributed by atoms with van der Waals surface area (Å²) in [7, 11) is 0. The fourth-order valence-corrected chi connectivity index (χ4v) is 6.34. The van der Waals surface area contributed by atoms with Gasteiger partial charge in [0.1, 0.15) is 4.88 Å². The van der Waals surface area contributed by atoms with Crippen molar-refractivity contribution in [1.29, 1.82) is 5.26 Å². The van der Waals surface area contributed by atoms with Gasteiger partial charge in [0, 0.05) is 55.8 Å². The molecule has 6 aromatic rings. The minimum absolute atomic E-state index is 0.270. The Bertz CT molecular complexity index is 1810. The molecule has 7 rings (SSSR count). The third-order valence-electron chi connectivity index (χ3n) is 6.93. The molecule has 8 heteroatoms. The summed E-state index contributed by atoms with van der Waals surface area (Å²) in [5, 5.41) is 14.5. The quantitative estimate of drug-likeness (QED) is 0.228. The second-order valence-corrected chi connectivity index (χ2v) is 11.4. The Morgan fingerprint density at radius 3 is 2.08 bits per heavy atom. The average molecular weight is 546 g/mol. The molecule has 4 aromatic heterocycles. The highest BCUT2D eigenvalue weighted by Gasteiger charge is 2.35. The third-order valence-corrected chi connectivity index (χ3v) is 8.73. The SMILES string of the molecule is Cc1sccc1-c1c[nH]c2ccc(C#N)cc12.FC(F)(F)c1sccc1-c1c[nH]c2ccc(C3CC3)cc12. The number of hydrogen-bond acceptors (Lipinski definition) is 3. The van der Waals surface area contributed by atoms with Gasteiger partial charge in [-0.3, -0.25) is 0 Å². The van der Waals surface area contributed by atoms with E-state index in [0.29, 0.717) is 17.0 Å². The predicted molar refractivity (Wildman–Crippen MR) is 150 cm³/mol. The van der Waals surface area contributed by atoms with Crippen LogP contribution >= 0.6 is 22.7 Å². The first-order valence-electron chi connectivity index (χ1n) is 12.2. The molecule has 4 heterocycles. The molecule has 1 saturated carbocycles. The molecule has 0 atom stereocenters. The van der Waals surface area contributed by atoms with Crippen LogP contribution in [0.5, 0.6) is 0 Å². The Hall–Kier alpha value is -3.80. The van der Waals surface area contributed by atoms with Crippen molar-refractivity contribution in [1.82, 2.24) is 9.97 Å². The molecule has 2 aromatic carbocycles. The number of halogens is 3. The van der Waals surface area contributed by atoms with Crippen molar-refractivity contribution in [2.45, 2.75) is 31.9 Å². The molecule has 3 nitrogen and oxygen atoms in total. The van der Waals surface area contributed by atoms with Gasteiger partial charge in [-0.25, -0.2) is 0 Å². The summed E-state index contributed by atoms with van der Waals surface area (Å²) in [6, 6.07) is 17.7. The summed E-state index contributed by atoms with van der Waals surface area (Å²) in [4.78, 5) is 7.10. The van der Waals surface area contributed by atoms with Gasteiger partial charge < -0.3 is 9.97 Å². The molecule has 0 spiro atoms. The lowest BCUT2D eigenvalue weighted by molar-refractivity contribution is -0.133. The summed E-state index contributed by atoms with van der Waals surface area (Å²) >= 11 is 2.49. The number of H-pyrrole nitrogens is 2. The maximum absolute atomic E-state index is 13.1. The van der Waals surface area contributed by atoms with Gasteiger partial charge in [-0.2, -0.15) is 18.4 Å². The number of aromatic nitrogens is 2. The monoisotopic (exact) mass is 545 g/mol. The lowest BCUT2D eigenvalue weighted by atomic mass is 10.0. The van der Waals surface area contributed by atoms with Gasteiger partial charge in [-0.05, 0) is 90.0 Å². The van der Waals surface area contributed by atoms with E-state index in [4.69, 9.17) is 5.26 Å². The first-order chi connectivity index (χ1) is 18.3. The van der Waals surface area contributed by atoms with Crippen LogP contribution < -0.4 is 0 Å². The van der Waals surface area contributed by atoms with Crippen LogP contribution in [0.15, 0.2) is 71.7 Å². The summed E-state index contributed by atoms with van der Waals surface area (Å²) in [5.41, 5.74) is 7.22. The van der Waals surface area contributed by atoms with Crippen molar-refractivity contribution >= 4 is 44.5 Å². The molecule has 1 aliphatic carbocycles. The molecule has 0 unspecified atom stereocenters. The Labute approximate surface area is 225 Å². The molecule has 2 N–H and O–H groups in total. The van der Waals surface area contributed by atoms with E-state index in [9.17, 15) is 13.2 Å². The van der Waals surface area contributed by atoms with Gasteiger partial charge in [-0.1, -0.05) is 6.07 Å². The molecule has 1 aliphatic rings. The zero-order chi connectivity index (χ0) is 26.4. The summed E-state index contributed by atoms with van der Waals surface area (Å²) in [5.74, 6) is 0.585. The molecule has 0 aliphatic heterocycles. The number of hydrogen-bond donors (Lipinski definition) is 2. The second kappa shape index (κ2) is 9.50. The first kappa shape index (κ1) is 24.5. The number of nitrogens with zero attached hydrogens (tertiary/aromatic N) is 1. The third kappa shape index (κ3) is 4.53. The highest BCUT2D eigenvalue weighted by atomic mass is 32.1. The molecular formula is C30H22F3N3S2. The van der Waals surface area contributed by atoms with Crippen LogP contribution in [0.4, 0.5) is 13.2 Å². The van der Waals surface area contributed by atoms with Crippen molar-refractivity contribution in [3.63, 3.8) is 0 Å². The van der Waals surface area contributed by atoms with Crippen molar-refractivity contribution in [2.24, 2.45) is 0 Å². The standard InChI is InChI=1S/C16H12F3NS.C14H10N2S/c17-16(18,19)15-11(5-6-21-15)13-8-20-14-4-3-10(7-12(13)14)9-1-2-9;1-9-11(4-5-17-9)13-8-16-14-3-2-10(7-15)6-12(13)14/h3-9,20H,1-2H2;2-6,8,16H,1H3. The van der Waals surface area contributed by atoms with E-state index < -0.39 is 11.1 Å². The van der Waals surface area contributed by atoms with Gasteiger partial charge in [0.15, 0.2) is 0 Å². The molecule has 0 saturated heterocycles. The molecule has 190 valence electrons. The van der Waals surface area contributed by atoms with E-state index in [1.54, 1.807) is 23.6 Å². The van der Waals surface area contributed by atoms with Crippen molar-refractivity contribution in [3.05, 3.63) is 92.6 Å². The summed E-state index contributed by atoms with van der Waals surface area (Å²) in [6.45, 7) is 2.12. The van der Waals surface area contributed by atoms with Crippen molar-refractivity contribution < 1.29 is 13.2 Å². The van der Waals surface area contributed by atoms with E-state index in [1.165, 1.54) is 39.8 Å². The van der Waals surface area contributed by atoms with E-state index in [1.807, 2.05) is 36.5 Å². The number of fused-ring (bicyclic) bond motifs is 2. The van der Waals surface area contributed by atoms with Crippen molar-refractivity contribution in [3.8, 4) is 28.3 Å². The largest absolute Gasteiger partial charge is 0.426 e. The minimum Gasteiger partial charge on any atom is -0.361 e. The Balaban J connectivity index is 0.000000142. The number of alkyl halides is 3. The van der Waals surface area contributed by atoms with Crippen LogP contribution in [0.25, 0.3) is 44.1 Å². The van der Waals surface area contributed by atoms with E-state index in [-0.39, 0.29) is 5.56 Å². The van der Waals surface area contributed by atoms with E-state index >= 15 is 0 Å². The number of aryl methyl sites for hydroxylation is 1. The van der Waals surface area contributed by atoms with Gasteiger partial charge >= 0.3 is 6.18 Å². The van der Waals surface area contributed by atoms with E-state index in [0.717, 1.165) is 33.1 Å². The van der Waals surface area contributed by atoms with Gasteiger partial charge in [0.25, 0.3) is 0 Å². The molecule has 1 fully saturated rings. The number of thiophene rings is 2. The van der Waals surface area contributed by atoms with Crippen molar-refractivity contribution in [2.75, 3.05) is 0 Å². The topological polar surface area (TPSA) is 55.4 Å². The number of aromatic amines is 2. The van der Waals surface area contributed by atoms with Gasteiger partial charge in [0.05, 0.1) is 11.6 Å². The Morgan fingerprint density at radius 2 is 1.45 bits per heavy atom. The van der Waals surface area contributed by atoms with E-state index in [2.05, 4.69) is 40.5 Å². The summed E-state index contributed by atoms with van der Waals surface area (Å²) < 4.78 is 39.3. The zero-order valence-electron chi connectivity index (χ0n) is 20.3. The average Bonchev–Trinajstić information content (AvgIpc) is 3.25. The highest BCUT2D eigenvalue weighted by Crippen LogP contribution is 2.45. The number of nitrogens with one attached hydrogen (secondary N) is 2. The van der Waals surface area contributed by atoms with Crippen LogP contribution in [-0.4, -0.2) is 9.97 Å². The normalized spacial score (nSPS) is 13.4. The fourth-order valence-electron chi connectivity index (χ4n) is 4.85. The van der Waals surface area contributed by atoms with Gasteiger partial charge in [-0.15, -0.1) is 22.7 Å². The Morgan fingerprint density at radius 1 is 0.816 bits per heavy atom. The Kier molecular flexibility index (Phi) is 6.13. The highest BCUT2D eigenvalue weighted by molar-refractivity contribution is 7.10. The molecule has 0 radical (unpaired) electrons. The first-order valence-corrected chi connectivity index (χ1v) is 13.9. The molecule has 0 bridgehead atoms. The van der Waals surface area contributed by atoms with Gasteiger partial charge in [0.2, 0.25) is 0 Å². The molecule has 38 heavy (non-hydrogen) atoms. The lowest BCUT2D eigenvalue weighted by Crippen LogP contribution is -2.03.